The number of hydrogen-bond acceptors (Lipinski definition) is 4. The molecule has 1 aromatic rings. The van der Waals surface area contributed by atoms with Crippen molar-refractivity contribution >= 4 is 5.91 Å². The normalized spacial score (nSPS) is 21.9. The number of amides is 1. The molecular weight excluding hydrogens is 268 g/mol. The van der Waals surface area contributed by atoms with E-state index in [0.717, 1.165) is 44.6 Å². The summed E-state index contributed by atoms with van der Waals surface area (Å²) in [5, 5.41) is 2.98. The molecule has 0 saturated carbocycles. The number of nitrogens with one attached hydrogen (secondary N) is 1. The molecule has 114 valence electrons. The van der Waals surface area contributed by atoms with Crippen LogP contribution in [-0.4, -0.2) is 31.8 Å². The molecule has 1 fully saturated rings. The topological polar surface area (TPSA) is 73.6 Å². The van der Waals surface area contributed by atoms with Crippen molar-refractivity contribution in [3.8, 4) is 5.75 Å². The zero-order valence-electron chi connectivity index (χ0n) is 12.1. The Labute approximate surface area is 124 Å². The quantitative estimate of drug-likeness (QED) is 0.877. The fraction of sp³-hybridized carbons (Fsp3) is 0.562. The largest absolute Gasteiger partial charge is 0.484 e. The monoisotopic (exact) mass is 290 g/mol. The lowest BCUT2D eigenvalue weighted by molar-refractivity contribution is -0.124. The molecule has 1 aliphatic heterocycles. The number of fused-ring (bicyclic) bond motifs is 1. The Hall–Kier alpha value is -1.59. The highest BCUT2D eigenvalue weighted by molar-refractivity contribution is 5.77. The molecule has 5 nitrogen and oxygen atoms in total. The Morgan fingerprint density at radius 2 is 2.14 bits per heavy atom. The fourth-order valence-electron chi connectivity index (χ4n) is 2.98. The number of hydrogen-bond donors (Lipinski definition) is 2. The molecule has 1 heterocycles. The molecule has 0 bridgehead atoms. The maximum absolute atomic E-state index is 11.9. The van der Waals surface area contributed by atoms with Gasteiger partial charge in [0.1, 0.15) is 5.75 Å². The Morgan fingerprint density at radius 1 is 1.33 bits per heavy atom. The van der Waals surface area contributed by atoms with E-state index in [0.29, 0.717) is 0 Å². The Bertz CT molecular complexity index is 512. The molecule has 3 N–H and O–H groups in total. The smallest absolute Gasteiger partial charge is 0.258 e. The van der Waals surface area contributed by atoms with Gasteiger partial charge >= 0.3 is 0 Å². The lowest BCUT2D eigenvalue weighted by Gasteiger charge is -2.23. The minimum Gasteiger partial charge on any atom is -0.484 e. The van der Waals surface area contributed by atoms with Crippen LogP contribution in [0.4, 0.5) is 0 Å². The number of carbonyl (C=O) groups is 1. The van der Waals surface area contributed by atoms with E-state index in [9.17, 15) is 4.79 Å². The zero-order valence-corrected chi connectivity index (χ0v) is 12.1. The molecule has 21 heavy (non-hydrogen) atoms. The minimum atomic E-state index is -0.0703. The van der Waals surface area contributed by atoms with E-state index in [1.54, 1.807) is 0 Å². The van der Waals surface area contributed by atoms with Crippen LogP contribution in [-0.2, 0) is 16.0 Å². The van der Waals surface area contributed by atoms with Crippen molar-refractivity contribution in [2.45, 2.75) is 37.8 Å². The first-order valence-corrected chi connectivity index (χ1v) is 7.60. The van der Waals surface area contributed by atoms with Gasteiger partial charge in [-0.2, -0.15) is 0 Å². The predicted molar refractivity (Wildman–Crippen MR) is 79.2 cm³/mol. The molecule has 2 aliphatic rings. The van der Waals surface area contributed by atoms with Crippen LogP contribution in [0.15, 0.2) is 18.2 Å². The second-order valence-electron chi connectivity index (χ2n) is 5.75. The molecule has 0 spiro atoms. The highest BCUT2D eigenvalue weighted by Gasteiger charge is 2.20. The van der Waals surface area contributed by atoms with Crippen molar-refractivity contribution < 1.29 is 14.3 Å². The van der Waals surface area contributed by atoms with Crippen molar-refractivity contribution in [1.82, 2.24) is 5.32 Å². The Kier molecular flexibility index (Phi) is 4.41. The van der Waals surface area contributed by atoms with Crippen LogP contribution in [0.3, 0.4) is 0 Å². The van der Waals surface area contributed by atoms with E-state index in [-0.39, 0.29) is 24.6 Å². The third-order valence-electron chi connectivity index (χ3n) is 4.19. The molecule has 1 aliphatic carbocycles. The molecule has 0 radical (unpaired) electrons. The highest BCUT2D eigenvalue weighted by atomic mass is 16.5. The van der Waals surface area contributed by atoms with E-state index in [2.05, 4.69) is 5.32 Å². The van der Waals surface area contributed by atoms with Crippen LogP contribution >= 0.6 is 0 Å². The SMILES string of the molecule is N[C@H]1CCc2cc(OCC(=O)NC3CCOCC3)ccc21. The van der Waals surface area contributed by atoms with E-state index in [4.69, 9.17) is 15.2 Å². The first-order chi connectivity index (χ1) is 10.2. The van der Waals surface area contributed by atoms with Gasteiger partial charge < -0.3 is 20.5 Å². The maximum Gasteiger partial charge on any atom is 0.258 e. The van der Waals surface area contributed by atoms with Crippen LogP contribution < -0.4 is 15.8 Å². The number of carbonyl (C=O) groups excluding carboxylic acids is 1. The van der Waals surface area contributed by atoms with E-state index in [1.807, 2.05) is 18.2 Å². The summed E-state index contributed by atoms with van der Waals surface area (Å²) in [7, 11) is 0. The molecule has 0 unspecified atom stereocenters. The third-order valence-corrected chi connectivity index (χ3v) is 4.19. The van der Waals surface area contributed by atoms with Gasteiger partial charge in [0.05, 0.1) is 0 Å². The second-order valence-corrected chi connectivity index (χ2v) is 5.75. The summed E-state index contributed by atoms with van der Waals surface area (Å²) in [4.78, 5) is 11.9. The van der Waals surface area contributed by atoms with Crippen LogP contribution in [0.1, 0.15) is 36.4 Å². The van der Waals surface area contributed by atoms with Gasteiger partial charge in [0.2, 0.25) is 0 Å². The first-order valence-electron chi connectivity index (χ1n) is 7.60. The Morgan fingerprint density at radius 3 is 2.95 bits per heavy atom. The number of aryl methyl sites for hydroxylation is 1. The van der Waals surface area contributed by atoms with Crippen LogP contribution in [0.2, 0.25) is 0 Å². The lowest BCUT2D eigenvalue weighted by Crippen LogP contribution is -2.41. The molecule has 1 saturated heterocycles. The number of rotatable bonds is 4. The number of ether oxygens (including phenoxy) is 2. The summed E-state index contributed by atoms with van der Waals surface area (Å²) in [5.74, 6) is 0.670. The van der Waals surface area contributed by atoms with Gasteiger partial charge in [0.25, 0.3) is 5.91 Å². The third kappa shape index (κ3) is 3.54. The van der Waals surface area contributed by atoms with Gasteiger partial charge in [-0.05, 0) is 48.9 Å². The van der Waals surface area contributed by atoms with Gasteiger partial charge in [-0.15, -0.1) is 0 Å². The molecule has 1 aromatic carbocycles. The van der Waals surface area contributed by atoms with Gasteiger partial charge in [0.15, 0.2) is 6.61 Å². The summed E-state index contributed by atoms with van der Waals surface area (Å²) in [5.41, 5.74) is 8.45. The standard InChI is InChI=1S/C16H22N2O3/c17-15-4-1-11-9-13(2-3-14(11)15)21-10-16(19)18-12-5-7-20-8-6-12/h2-3,9,12,15H,1,4-8,10,17H2,(H,18,19)/t15-/m0/s1. The van der Waals surface area contributed by atoms with Gasteiger partial charge in [-0.25, -0.2) is 0 Å². The first kappa shape index (κ1) is 14.4. The van der Waals surface area contributed by atoms with Crippen LogP contribution in [0.25, 0.3) is 0 Å². The number of benzene rings is 1. The van der Waals surface area contributed by atoms with E-state index >= 15 is 0 Å². The average molecular weight is 290 g/mol. The van der Waals surface area contributed by atoms with Crippen molar-refractivity contribution in [2.75, 3.05) is 19.8 Å². The molecule has 0 aromatic heterocycles. The van der Waals surface area contributed by atoms with Crippen molar-refractivity contribution in [2.24, 2.45) is 5.73 Å². The molecule has 5 heteroatoms. The zero-order chi connectivity index (χ0) is 14.7. The second kappa shape index (κ2) is 6.45. The summed E-state index contributed by atoms with van der Waals surface area (Å²) >= 11 is 0. The molecule has 3 rings (SSSR count). The number of nitrogens with two attached hydrogens (primary N) is 1. The lowest BCUT2D eigenvalue weighted by atomic mass is 10.1. The van der Waals surface area contributed by atoms with E-state index < -0.39 is 0 Å². The van der Waals surface area contributed by atoms with Crippen LogP contribution in [0, 0.1) is 0 Å². The predicted octanol–water partition coefficient (Wildman–Crippen LogP) is 1.31. The van der Waals surface area contributed by atoms with Crippen molar-refractivity contribution in [1.29, 1.82) is 0 Å². The van der Waals surface area contributed by atoms with E-state index in [1.165, 1.54) is 11.1 Å². The highest BCUT2D eigenvalue weighted by Crippen LogP contribution is 2.31. The molecular formula is C16H22N2O3. The summed E-state index contributed by atoms with van der Waals surface area (Å²) in [6.07, 6.45) is 3.73. The minimum absolute atomic E-state index is 0.0577. The van der Waals surface area contributed by atoms with Crippen LogP contribution in [0.5, 0.6) is 5.75 Å². The van der Waals surface area contributed by atoms with Crippen molar-refractivity contribution in [3.05, 3.63) is 29.3 Å². The fourth-order valence-corrected chi connectivity index (χ4v) is 2.98. The maximum atomic E-state index is 11.9. The van der Waals surface area contributed by atoms with Gasteiger partial charge in [-0.3, -0.25) is 4.79 Å². The molecule has 1 atom stereocenters. The van der Waals surface area contributed by atoms with Gasteiger partial charge in [-0.1, -0.05) is 6.07 Å². The summed E-state index contributed by atoms with van der Waals surface area (Å²) < 4.78 is 10.9. The van der Waals surface area contributed by atoms with Gasteiger partial charge in [0, 0.05) is 25.3 Å². The average Bonchev–Trinajstić information content (AvgIpc) is 2.87. The summed E-state index contributed by atoms with van der Waals surface area (Å²) in [6, 6.07) is 6.27. The summed E-state index contributed by atoms with van der Waals surface area (Å²) in [6.45, 7) is 1.50. The van der Waals surface area contributed by atoms with Crippen molar-refractivity contribution in [3.63, 3.8) is 0 Å². The Balaban J connectivity index is 1.49. The molecule has 1 amide bonds.